The Morgan fingerprint density at radius 3 is 2.48 bits per heavy atom. The number of carboxylic acids is 1. The Hall–Kier alpha value is -1.26. The fourth-order valence-corrected chi connectivity index (χ4v) is 3.63. The van der Waals surface area contributed by atoms with E-state index in [0.29, 0.717) is 32.0 Å². The Morgan fingerprint density at radius 2 is 1.86 bits per heavy atom. The van der Waals surface area contributed by atoms with Gasteiger partial charge in [0.05, 0.1) is 5.92 Å². The van der Waals surface area contributed by atoms with Crippen LogP contribution in [0.4, 0.5) is 4.79 Å². The molecule has 2 rings (SSSR count). The standard InChI is InChI=1S/C16H28N2O3/c1-16(2,13-7-3-4-8-13)11-17-15(21)18-9-5-6-12(10-18)14(19)20/h12-13H,3-11H2,1-2H3,(H,17,21)(H,19,20). The Bertz CT molecular complexity index is 389. The minimum absolute atomic E-state index is 0.105. The molecular weight excluding hydrogens is 268 g/mol. The van der Waals surface area contributed by atoms with Crippen molar-refractivity contribution in [3.8, 4) is 0 Å². The number of piperidine rings is 1. The van der Waals surface area contributed by atoms with Gasteiger partial charge in [-0.3, -0.25) is 4.79 Å². The van der Waals surface area contributed by atoms with Gasteiger partial charge in [0.1, 0.15) is 0 Å². The third-order valence-electron chi connectivity index (χ3n) is 5.21. The summed E-state index contributed by atoms with van der Waals surface area (Å²) in [6, 6.07) is -0.105. The van der Waals surface area contributed by atoms with Gasteiger partial charge in [-0.15, -0.1) is 0 Å². The lowest BCUT2D eigenvalue weighted by Crippen LogP contribution is -2.49. The molecule has 0 aromatic heterocycles. The minimum atomic E-state index is -0.793. The highest BCUT2D eigenvalue weighted by atomic mass is 16.4. The summed E-state index contributed by atoms with van der Waals surface area (Å²) in [7, 11) is 0. The van der Waals surface area contributed by atoms with Crippen LogP contribution in [0.15, 0.2) is 0 Å². The fourth-order valence-electron chi connectivity index (χ4n) is 3.63. The van der Waals surface area contributed by atoms with Gasteiger partial charge in [0.2, 0.25) is 0 Å². The second kappa shape index (κ2) is 6.67. The third kappa shape index (κ3) is 4.11. The average molecular weight is 296 g/mol. The van der Waals surface area contributed by atoms with Gasteiger partial charge in [0.25, 0.3) is 0 Å². The maximum absolute atomic E-state index is 12.2. The Labute approximate surface area is 127 Å². The number of carboxylic acid groups (broad SMARTS) is 1. The first kappa shape index (κ1) is 16.1. The van der Waals surface area contributed by atoms with Gasteiger partial charge in [-0.05, 0) is 37.0 Å². The van der Waals surface area contributed by atoms with Gasteiger partial charge in [-0.2, -0.15) is 0 Å². The number of carbonyl (C=O) groups excluding carboxylic acids is 1. The largest absolute Gasteiger partial charge is 0.481 e. The molecule has 1 aliphatic carbocycles. The van der Waals surface area contributed by atoms with E-state index in [1.165, 1.54) is 25.7 Å². The zero-order chi connectivity index (χ0) is 15.5. The molecule has 5 heteroatoms. The van der Waals surface area contributed by atoms with Crippen molar-refractivity contribution < 1.29 is 14.7 Å². The van der Waals surface area contributed by atoms with E-state index in [1.807, 2.05) is 0 Å². The van der Waals surface area contributed by atoms with E-state index in [2.05, 4.69) is 19.2 Å². The molecule has 1 heterocycles. The molecule has 0 aromatic rings. The molecule has 2 fully saturated rings. The molecule has 2 aliphatic rings. The van der Waals surface area contributed by atoms with Crippen molar-refractivity contribution in [2.24, 2.45) is 17.3 Å². The van der Waals surface area contributed by atoms with Gasteiger partial charge < -0.3 is 15.3 Å². The lowest BCUT2D eigenvalue weighted by Gasteiger charge is -2.35. The lowest BCUT2D eigenvalue weighted by atomic mass is 9.78. The van der Waals surface area contributed by atoms with Gasteiger partial charge in [-0.1, -0.05) is 26.7 Å². The molecule has 120 valence electrons. The molecule has 2 N–H and O–H groups in total. The van der Waals surface area contributed by atoms with Crippen molar-refractivity contribution in [2.75, 3.05) is 19.6 Å². The van der Waals surface area contributed by atoms with Crippen molar-refractivity contribution in [2.45, 2.75) is 52.4 Å². The SMILES string of the molecule is CC(C)(CNC(=O)N1CCCC(C(=O)O)C1)C1CCCC1. The maximum atomic E-state index is 12.2. The fraction of sp³-hybridized carbons (Fsp3) is 0.875. The number of likely N-dealkylation sites (tertiary alicyclic amines) is 1. The Morgan fingerprint density at radius 1 is 1.19 bits per heavy atom. The van der Waals surface area contributed by atoms with Gasteiger partial charge in [-0.25, -0.2) is 4.79 Å². The molecule has 0 radical (unpaired) electrons. The molecule has 1 aliphatic heterocycles. The molecule has 1 atom stereocenters. The monoisotopic (exact) mass is 296 g/mol. The number of hydrogen-bond acceptors (Lipinski definition) is 2. The minimum Gasteiger partial charge on any atom is -0.481 e. The Kier molecular flexibility index (Phi) is 5.12. The van der Waals surface area contributed by atoms with Gasteiger partial charge >= 0.3 is 12.0 Å². The lowest BCUT2D eigenvalue weighted by molar-refractivity contribution is -0.143. The summed E-state index contributed by atoms with van der Waals surface area (Å²) in [5.41, 5.74) is 0.119. The van der Waals surface area contributed by atoms with E-state index < -0.39 is 11.9 Å². The van der Waals surface area contributed by atoms with Crippen LogP contribution in [0.25, 0.3) is 0 Å². The second-order valence-electron chi connectivity index (χ2n) is 7.25. The molecule has 1 saturated carbocycles. The number of aliphatic carboxylic acids is 1. The Balaban J connectivity index is 1.82. The predicted molar refractivity (Wildman–Crippen MR) is 81.1 cm³/mol. The molecule has 21 heavy (non-hydrogen) atoms. The first-order valence-corrected chi connectivity index (χ1v) is 8.16. The zero-order valence-corrected chi connectivity index (χ0v) is 13.2. The van der Waals surface area contributed by atoms with Gasteiger partial charge in [0.15, 0.2) is 0 Å². The van der Waals surface area contributed by atoms with E-state index in [4.69, 9.17) is 5.11 Å². The molecule has 1 saturated heterocycles. The van der Waals surface area contributed by atoms with Crippen molar-refractivity contribution in [1.29, 1.82) is 0 Å². The highest BCUT2D eigenvalue weighted by molar-refractivity contribution is 5.76. The van der Waals surface area contributed by atoms with E-state index >= 15 is 0 Å². The molecule has 0 aromatic carbocycles. The first-order valence-electron chi connectivity index (χ1n) is 8.16. The highest BCUT2D eigenvalue weighted by Gasteiger charge is 2.33. The highest BCUT2D eigenvalue weighted by Crippen LogP contribution is 2.39. The van der Waals surface area contributed by atoms with Gasteiger partial charge in [0, 0.05) is 19.6 Å². The summed E-state index contributed by atoms with van der Waals surface area (Å²) < 4.78 is 0. The normalized spacial score (nSPS) is 24.1. The smallest absolute Gasteiger partial charge is 0.317 e. The maximum Gasteiger partial charge on any atom is 0.317 e. The number of rotatable bonds is 4. The van der Waals surface area contributed by atoms with Crippen LogP contribution in [0.3, 0.4) is 0 Å². The van der Waals surface area contributed by atoms with Crippen molar-refractivity contribution >= 4 is 12.0 Å². The van der Waals surface area contributed by atoms with Crippen LogP contribution in [-0.4, -0.2) is 41.6 Å². The van der Waals surface area contributed by atoms with Crippen molar-refractivity contribution in [3.63, 3.8) is 0 Å². The zero-order valence-electron chi connectivity index (χ0n) is 13.2. The van der Waals surface area contributed by atoms with Crippen LogP contribution in [0, 0.1) is 17.3 Å². The molecule has 5 nitrogen and oxygen atoms in total. The third-order valence-corrected chi connectivity index (χ3v) is 5.21. The molecular formula is C16H28N2O3. The van der Waals surface area contributed by atoms with Crippen LogP contribution in [-0.2, 0) is 4.79 Å². The summed E-state index contributed by atoms with van der Waals surface area (Å²) in [6.07, 6.45) is 6.56. The number of nitrogens with zero attached hydrogens (tertiary/aromatic N) is 1. The number of amides is 2. The van der Waals surface area contributed by atoms with Crippen molar-refractivity contribution in [3.05, 3.63) is 0 Å². The van der Waals surface area contributed by atoms with E-state index in [0.717, 1.165) is 6.42 Å². The summed E-state index contributed by atoms with van der Waals surface area (Å²) in [6.45, 7) is 6.12. The van der Waals surface area contributed by atoms with E-state index in [1.54, 1.807) is 4.90 Å². The van der Waals surface area contributed by atoms with Crippen LogP contribution in [0.1, 0.15) is 52.4 Å². The number of hydrogen-bond donors (Lipinski definition) is 2. The molecule has 2 amide bonds. The number of carbonyl (C=O) groups is 2. The number of nitrogens with one attached hydrogen (secondary N) is 1. The van der Waals surface area contributed by atoms with Crippen LogP contribution < -0.4 is 5.32 Å². The summed E-state index contributed by atoms with van der Waals surface area (Å²) in [5, 5.41) is 12.1. The number of urea groups is 1. The first-order chi connectivity index (χ1) is 9.90. The van der Waals surface area contributed by atoms with Crippen molar-refractivity contribution in [1.82, 2.24) is 10.2 Å². The summed E-state index contributed by atoms with van der Waals surface area (Å²) in [5.74, 6) is -0.517. The van der Waals surface area contributed by atoms with Crippen LogP contribution >= 0.6 is 0 Å². The summed E-state index contributed by atoms with van der Waals surface area (Å²) >= 11 is 0. The molecule has 0 bridgehead atoms. The van der Waals surface area contributed by atoms with E-state index in [-0.39, 0.29) is 11.4 Å². The van der Waals surface area contributed by atoms with E-state index in [9.17, 15) is 9.59 Å². The summed E-state index contributed by atoms with van der Waals surface area (Å²) in [4.78, 5) is 25.0. The molecule has 0 spiro atoms. The average Bonchev–Trinajstić information content (AvgIpc) is 3.00. The van der Waals surface area contributed by atoms with Crippen LogP contribution in [0.2, 0.25) is 0 Å². The second-order valence-corrected chi connectivity index (χ2v) is 7.25. The molecule has 1 unspecified atom stereocenters. The van der Waals surface area contributed by atoms with Crippen LogP contribution in [0.5, 0.6) is 0 Å². The topological polar surface area (TPSA) is 69.6 Å². The predicted octanol–water partition coefficient (Wildman–Crippen LogP) is 2.71. The quantitative estimate of drug-likeness (QED) is 0.838.